The van der Waals surface area contributed by atoms with E-state index in [0.717, 1.165) is 6.54 Å². The van der Waals surface area contributed by atoms with Crippen LogP contribution in [0.2, 0.25) is 0 Å². The van der Waals surface area contributed by atoms with E-state index in [1.54, 1.807) is 11.9 Å². The zero-order chi connectivity index (χ0) is 11.6. The molecule has 0 atom stereocenters. The number of carbonyl (C=O) groups excluding carboxylic acids is 1. The molecule has 0 aromatic rings. The van der Waals surface area contributed by atoms with Crippen molar-refractivity contribution in [3.05, 3.63) is 0 Å². The predicted octanol–water partition coefficient (Wildman–Crippen LogP) is 0.167. The molecule has 1 fully saturated rings. The second-order valence-corrected chi connectivity index (χ2v) is 4.81. The summed E-state index contributed by atoms with van der Waals surface area (Å²) in [5.74, 6) is 0.385. The van der Waals surface area contributed by atoms with Crippen LogP contribution in [-0.4, -0.2) is 59.6 Å². The lowest BCUT2D eigenvalue weighted by Crippen LogP contribution is -2.65. The number of hydrogen-bond acceptors (Lipinski definition) is 3. The number of amides is 1. The molecule has 0 aliphatic carbocycles. The first-order valence-corrected chi connectivity index (χ1v) is 5.57. The van der Waals surface area contributed by atoms with Crippen molar-refractivity contribution in [3.63, 3.8) is 0 Å². The third-order valence-corrected chi connectivity index (χ3v) is 3.33. The van der Waals surface area contributed by atoms with Gasteiger partial charge in [0, 0.05) is 26.7 Å². The smallest absolute Gasteiger partial charge is 0.236 e. The van der Waals surface area contributed by atoms with Crippen LogP contribution in [0.15, 0.2) is 0 Å². The zero-order valence-corrected chi connectivity index (χ0v) is 10.2. The van der Waals surface area contributed by atoms with Crippen LogP contribution in [0, 0.1) is 5.92 Å². The van der Waals surface area contributed by atoms with E-state index in [2.05, 4.69) is 0 Å². The average Bonchev–Trinajstić information content (AvgIpc) is 2.13. The van der Waals surface area contributed by atoms with Gasteiger partial charge in [0.2, 0.25) is 5.91 Å². The minimum absolute atomic E-state index is 0.128. The molecule has 1 aliphatic rings. The largest absolute Gasteiger partial charge is 0.387 e. The molecule has 0 unspecified atom stereocenters. The molecule has 4 nitrogen and oxygen atoms in total. The van der Waals surface area contributed by atoms with Gasteiger partial charge in [-0.05, 0) is 12.8 Å². The van der Waals surface area contributed by atoms with Crippen molar-refractivity contribution in [2.75, 3.05) is 33.2 Å². The van der Waals surface area contributed by atoms with E-state index in [1.807, 2.05) is 25.7 Å². The molecule has 0 radical (unpaired) electrons. The number of carbonyl (C=O) groups is 1. The number of likely N-dealkylation sites (N-methyl/N-ethyl adjacent to an activating group) is 1. The third kappa shape index (κ3) is 2.69. The van der Waals surface area contributed by atoms with Crippen molar-refractivity contribution in [3.8, 4) is 0 Å². The normalized spacial score (nSPS) is 20.1. The van der Waals surface area contributed by atoms with Crippen molar-refractivity contribution >= 4 is 5.91 Å². The molecule has 0 aromatic heterocycles. The lowest BCUT2D eigenvalue weighted by molar-refractivity contribution is -0.148. The van der Waals surface area contributed by atoms with Gasteiger partial charge >= 0.3 is 0 Å². The Morgan fingerprint density at radius 3 is 2.47 bits per heavy atom. The van der Waals surface area contributed by atoms with Crippen LogP contribution in [0.4, 0.5) is 0 Å². The van der Waals surface area contributed by atoms with E-state index in [9.17, 15) is 9.90 Å². The van der Waals surface area contributed by atoms with Gasteiger partial charge in [-0.3, -0.25) is 9.69 Å². The van der Waals surface area contributed by atoms with E-state index in [1.165, 1.54) is 0 Å². The fourth-order valence-corrected chi connectivity index (χ4v) is 1.69. The van der Waals surface area contributed by atoms with Gasteiger partial charge in [0.25, 0.3) is 0 Å². The van der Waals surface area contributed by atoms with Gasteiger partial charge in [-0.1, -0.05) is 13.8 Å². The van der Waals surface area contributed by atoms with Crippen molar-refractivity contribution in [2.24, 2.45) is 5.92 Å². The summed E-state index contributed by atoms with van der Waals surface area (Å²) in [6, 6.07) is 0. The second-order valence-electron chi connectivity index (χ2n) is 4.81. The summed E-state index contributed by atoms with van der Waals surface area (Å²) in [6.07, 6.45) is 0. The number of aliphatic hydroxyl groups is 1. The summed E-state index contributed by atoms with van der Waals surface area (Å²) in [7, 11) is 1.80. The molecular formula is C11H22N2O2. The van der Waals surface area contributed by atoms with Crippen LogP contribution in [0.3, 0.4) is 0 Å². The van der Waals surface area contributed by atoms with Crippen LogP contribution in [0.5, 0.6) is 0 Å². The molecule has 1 rings (SSSR count). The molecular weight excluding hydrogens is 192 g/mol. The summed E-state index contributed by atoms with van der Waals surface area (Å²) in [5, 5.41) is 10.00. The molecule has 0 spiro atoms. The molecule has 1 saturated heterocycles. The maximum absolute atomic E-state index is 11.6. The van der Waals surface area contributed by atoms with E-state index in [0.29, 0.717) is 19.6 Å². The van der Waals surface area contributed by atoms with Gasteiger partial charge < -0.3 is 10.0 Å². The highest BCUT2D eigenvalue weighted by atomic mass is 16.3. The van der Waals surface area contributed by atoms with Crippen LogP contribution >= 0.6 is 0 Å². The first-order valence-electron chi connectivity index (χ1n) is 5.57. The molecule has 1 amide bonds. The molecule has 0 bridgehead atoms. The van der Waals surface area contributed by atoms with E-state index in [-0.39, 0.29) is 11.8 Å². The Hall–Kier alpha value is -0.610. The second kappa shape index (κ2) is 4.49. The van der Waals surface area contributed by atoms with Crippen LogP contribution in [-0.2, 0) is 4.79 Å². The van der Waals surface area contributed by atoms with Crippen LogP contribution in [0.25, 0.3) is 0 Å². The quantitative estimate of drug-likeness (QED) is 0.725. The Morgan fingerprint density at radius 2 is 2.07 bits per heavy atom. The molecule has 0 aromatic carbocycles. The summed E-state index contributed by atoms with van der Waals surface area (Å²) >= 11 is 0. The van der Waals surface area contributed by atoms with Gasteiger partial charge in [-0.25, -0.2) is 0 Å². The molecule has 1 aliphatic heterocycles. The van der Waals surface area contributed by atoms with Crippen molar-refractivity contribution in [1.29, 1.82) is 0 Å². The van der Waals surface area contributed by atoms with Crippen molar-refractivity contribution in [1.82, 2.24) is 9.80 Å². The lowest BCUT2D eigenvalue weighted by Gasteiger charge is -2.49. The topological polar surface area (TPSA) is 43.8 Å². The van der Waals surface area contributed by atoms with Crippen LogP contribution < -0.4 is 0 Å². The number of rotatable bonds is 4. The zero-order valence-electron chi connectivity index (χ0n) is 10.2. The highest BCUT2D eigenvalue weighted by Gasteiger charge is 2.44. The Bertz CT molecular complexity index is 235. The monoisotopic (exact) mass is 214 g/mol. The van der Waals surface area contributed by atoms with Crippen LogP contribution in [0.1, 0.15) is 20.8 Å². The summed E-state index contributed by atoms with van der Waals surface area (Å²) in [4.78, 5) is 15.3. The number of β-amino-alcohol motifs (C(OH)–C–C–N with tert-alkyl or cyclic N) is 1. The van der Waals surface area contributed by atoms with Gasteiger partial charge in [-0.2, -0.15) is 0 Å². The number of likely N-dealkylation sites (tertiary alicyclic amines) is 1. The minimum Gasteiger partial charge on any atom is -0.387 e. The first kappa shape index (κ1) is 12.5. The van der Waals surface area contributed by atoms with Crippen molar-refractivity contribution in [2.45, 2.75) is 26.4 Å². The van der Waals surface area contributed by atoms with Crippen molar-refractivity contribution < 1.29 is 9.90 Å². The first-order chi connectivity index (χ1) is 6.89. The fourth-order valence-electron chi connectivity index (χ4n) is 1.69. The van der Waals surface area contributed by atoms with Gasteiger partial charge in [0.1, 0.15) is 0 Å². The highest BCUT2D eigenvalue weighted by molar-refractivity contribution is 5.78. The molecule has 1 N–H and O–H groups in total. The molecule has 15 heavy (non-hydrogen) atoms. The van der Waals surface area contributed by atoms with Gasteiger partial charge in [0.05, 0.1) is 12.1 Å². The SMILES string of the molecule is CCN(C)C(=O)CN1CC(O)(C(C)C)C1. The van der Waals surface area contributed by atoms with Gasteiger partial charge in [-0.15, -0.1) is 0 Å². The molecule has 4 heteroatoms. The average molecular weight is 214 g/mol. The third-order valence-electron chi connectivity index (χ3n) is 3.33. The molecule has 88 valence electrons. The number of nitrogens with zero attached hydrogens (tertiary/aromatic N) is 2. The number of hydrogen-bond donors (Lipinski definition) is 1. The van der Waals surface area contributed by atoms with Gasteiger partial charge in [0.15, 0.2) is 0 Å². The van der Waals surface area contributed by atoms with E-state index >= 15 is 0 Å². The minimum atomic E-state index is -0.578. The van der Waals surface area contributed by atoms with E-state index < -0.39 is 5.60 Å². The fraction of sp³-hybridized carbons (Fsp3) is 0.909. The Morgan fingerprint density at radius 1 is 1.53 bits per heavy atom. The molecule has 0 saturated carbocycles. The maximum Gasteiger partial charge on any atom is 0.236 e. The maximum atomic E-state index is 11.6. The Labute approximate surface area is 91.9 Å². The Balaban J connectivity index is 2.32. The van der Waals surface area contributed by atoms with E-state index in [4.69, 9.17) is 0 Å². The summed E-state index contributed by atoms with van der Waals surface area (Å²) in [6.45, 7) is 8.38. The summed E-state index contributed by atoms with van der Waals surface area (Å²) in [5.41, 5.74) is -0.578. The lowest BCUT2D eigenvalue weighted by atomic mass is 9.83. The standard InChI is InChI=1S/C11H22N2O2/c1-5-12(4)10(14)6-13-7-11(15,8-13)9(2)3/h9,15H,5-8H2,1-4H3. The predicted molar refractivity (Wildman–Crippen MR) is 59.5 cm³/mol. The summed E-state index contributed by atoms with van der Waals surface area (Å²) < 4.78 is 0. The Kier molecular flexibility index (Phi) is 3.73. The highest BCUT2D eigenvalue weighted by Crippen LogP contribution is 2.28. The molecule has 1 heterocycles.